The summed E-state index contributed by atoms with van der Waals surface area (Å²) in [5.41, 5.74) is 2.44. The Morgan fingerprint density at radius 1 is 0.838 bits per heavy atom. The molecule has 0 spiro atoms. The quantitative estimate of drug-likeness (QED) is 0.242. The maximum Gasteiger partial charge on any atom is 0.340 e. The normalized spacial score (nSPS) is 13.9. The van der Waals surface area contributed by atoms with Crippen molar-refractivity contribution < 1.29 is 29.6 Å². The van der Waals surface area contributed by atoms with E-state index < -0.39 is 17.5 Å². The van der Waals surface area contributed by atoms with Gasteiger partial charge in [-0.25, -0.2) is 9.59 Å². The molecule has 4 rings (SSSR count). The summed E-state index contributed by atoms with van der Waals surface area (Å²) in [6, 6.07) is 7.91. The molecule has 0 amide bonds. The van der Waals surface area contributed by atoms with Crippen LogP contribution in [0.15, 0.2) is 39.3 Å². The Hall–Kier alpha value is -2.84. The first kappa shape index (κ1) is 27.2. The molecule has 0 atom stereocenters. The third-order valence-electron chi connectivity index (χ3n) is 7.14. The van der Waals surface area contributed by atoms with Gasteiger partial charge >= 0.3 is 11.9 Å². The van der Waals surface area contributed by atoms with Crippen LogP contribution in [0.4, 0.5) is 0 Å². The number of halogens is 2. The highest BCUT2D eigenvalue weighted by molar-refractivity contribution is 9.11. The molecule has 0 aromatic heterocycles. The van der Waals surface area contributed by atoms with Gasteiger partial charge < -0.3 is 20.1 Å². The monoisotopic (exact) mass is 630 g/mol. The number of aromatic hydroxyl groups is 2. The molecule has 0 saturated carbocycles. The third kappa shape index (κ3) is 3.96. The van der Waals surface area contributed by atoms with Crippen LogP contribution in [0.25, 0.3) is 0 Å². The Morgan fingerprint density at radius 3 is 1.73 bits per heavy atom. The third-order valence-corrected chi connectivity index (χ3v) is 8.89. The van der Waals surface area contributed by atoms with Crippen LogP contribution in [0.2, 0.25) is 0 Å². The van der Waals surface area contributed by atoms with Gasteiger partial charge in [-0.1, -0.05) is 33.8 Å². The fourth-order valence-electron chi connectivity index (χ4n) is 5.45. The van der Waals surface area contributed by atoms with E-state index in [9.17, 15) is 24.9 Å². The van der Waals surface area contributed by atoms with E-state index in [0.717, 1.165) is 0 Å². The van der Waals surface area contributed by atoms with Gasteiger partial charge in [-0.15, -0.1) is 0 Å². The van der Waals surface area contributed by atoms with Crippen molar-refractivity contribution in [2.24, 2.45) is 0 Å². The van der Waals surface area contributed by atoms with Crippen LogP contribution in [0.1, 0.15) is 87.4 Å². The molecule has 194 valence electrons. The number of cyclic esters (lactones) is 1. The van der Waals surface area contributed by atoms with Gasteiger partial charge in [0.15, 0.2) is 5.60 Å². The number of benzene rings is 3. The van der Waals surface area contributed by atoms with Gasteiger partial charge in [-0.2, -0.15) is 0 Å². The first-order chi connectivity index (χ1) is 17.6. The molecule has 1 aliphatic heterocycles. The average Bonchev–Trinajstić information content (AvgIpc) is 3.16. The minimum atomic E-state index is -1.66. The second kappa shape index (κ2) is 10.1. The summed E-state index contributed by atoms with van der Waals surface area (Å²) in [7, 11) is 0. The van der Waals surface area contributed by atoms with Crippen molar-refractivity contribution in [3.8, 4) is 11.5 Å². The minimum absolute atomic E-state index is 0.0523. The Bertz CT molecular complexity index is 1380. The molecule has 1 heterocycles. The maximum absolute atomic E-state index is 13.5. The summed E-state index contributed by atoms with van der Waals surface area (Å²) in [5.74, 6) is -1.61. The summed E-state index contributed by atoms with van der Waals surface area (Å²) in [5, 5.41) is 31.9. The summed E-state index contributed by atoms with van der Waals surface area (Å²) in [6.07, 6.45) is 1.93. The fourth-order valence-corrected chi connectivity index (χ4v) is 7.49. The van der Waals surface area contributed by atoms with Crippen molar-refractivity contribution in [1.82, 2.24) is 0 Å². The predicted octanol–water partition coefficient (Wildman–Crippen LogP) is 7.03. The molecule has 37 heavy (non-hydrogen) atoms. The van der Waals surface area contributed by atoms with Crippen molar-refractivity contribution in [1.29, 1.82) is 0 Å². The lowest BCUT2D eigenvalue weighted by molar-refractivity contribution is 0.0236. The van der Waals surface area contributed by atoms with Crippen molar-refractivity contribution in [3.05, 3.63) is 89.3 Å². The second-order valence-electron chi connectivity index (χ2n) is 8.96. The largest absolute Gasteiger partial charge is 0.508 e. The van der Waals surface area contributed by atoms with Crippen molar-refractivity contribution in [2.75, 3.05) is 0 Å². The summed E-state index contributed by atoms with van der Waals surface area (Å²) in [4.78, 5) is 26.1. The molecule has 1 aliphatic rings. The number of esters is 1. The Balaban J connectivity index is 2.36. The highest BCUT2D eigenvalue weighted by Gasteiger charge is 2.55. The van der Waals surface area contributed by atoms with Gasteiger partial charge in [-0.05, 0) is 92.9 Å². The summed E-state index contributed by atoms with van der Waals surface area (Å²) >= 11 is 7.44. The molecule has 3 N–H and O–H groups in total. The minimum Gasteiger partial charge on any atom is -0.508 e. The molecular formula is C29H28Br2O6. The molecule has 0 bridgehead atoms. The van der Waals surface area contributed by atoms with Gasteiger partial charge in [0, 0.05) is 36.8 Å². The molecule has 0 fully saturated rings. The van der Waals surface area contributed by atoms with E-state index in [1.807, 2.05) is 27.7 Å². The van der Waals surface area contributed by atoms with Crippen LogP contribution >= 0.6 is 31.9 Å². The first-order valence-electron chi connectivity index (χ1n) is 12.3. The number of aromatic carboxylic acids is 1. The number of carboxylic acid groups (broad SMARTS) is 1. The zero-order valence-corrected chi connectivity index (χ0v) is 24.2. The van der Waals surface area contributed by atoms with Crippen molar-refractivity contribution >= 4 is 43.8 Å². The summed E-state index contributed by atoms with van der Waals surface area (Å²) in [6.45, 7) is 7.66. The zero-order valence-electron chi connectivity index (χ0n) is 21.0. The smallest absolute Gasteiger partial charge is 0.340 e. The second-order valence-corrected chi connectivity index (χ2v) is 10.5. The number of hydrogen-bond acceptors (Lipinski definition) is 5. The maximum atomic E-state index is 13.5. The molecule has 6 nitrogen and oxygen atoms in total. The van der Waals surface area contributed by atoms with Gasteiger partial charge in [0.05, 0.1) is 11.1 Å². The Labute approximate surface area is 232 Å². The van der Waals surface area contributed by atoms with E-state index in [1.165, 1.54) is 12.1 Å². The lowest BCUT2D eigenvalue weighted by Crippen LogP contribution is -2.35. The van der Waals surface area contributed by atoms with Crippen LogP contribution < -0.4 is 0 Å². The molecule has 0 saturated heterocycles. The molecule has 3 aromatic carbocycles. The number of carbonyl (C=O) groups is 2. The lowest BCUT2D eigenvalue weighted by Gasteiger charge is -2.37. The summed E-state index contributed by atoms with van der Waals surface area (Å²) < 4.78 is 7.48. The van der Waals surface area contributed by atoms with Crippen LogP contribution in [0.5, 0.6) is 11.5 Å². The number of phenols is 2. The number of fused-ring (bicyclic) bond motifs is 1. The highest BCUT2D eigenvalue weighted by atomic mass is 79.9. The van der Waals surface area contributed by atoms with E-state index in [-0.39, 0.29) is 28.2 Å². The van der Waals surface area contributed by atoms with E-state index in [0.29, 0.717) is 68.0 Å². The number of phenolic OH excluding ortho intramolecular Hbond substituents is 2. The number of rotatable bonds is 7. The highest BCUT2D eigenvalue weighted by Crippen LogP contribution is 2.56. The molecule has 3 aromatic rings. The molecule has 0 unspecified atom stereocenters. The molecular weight excluding hydrogens is 604 g/mol. The Morgan fingerprint density at radius 2 is 1.32 bits per heavy atom. The van der Waals surface area contributed by atoms with E-state index >= 15 is 0 Å². The number of carboxylic acids is 1. The number of ether oxygens (including phenoxy) is 1. The van der Waals surface area contributed by atoms with Gasteiger partial charge in [0.25, 0.3) is 0 Å². The molecule has 0 radical (unpaired) electrons. The van der Waals surface area contributed by atoms with Gasteiger partial charge in [0.1, 0.15) is 11.5 Å². The van der Waals surface area contributed by atoms with E-state index in [4.69, 9.17) is 4.74 Å². The van der Waals surface area contributed by atoms with Crippen LogP contribution in [-0.2, 0) is 36.0 Å². The van der Waals surface area contributed by atoms with Crippen LogP contribution in [0.3, 0.4) is 0 Å². The van der Waals surface area contributed by atoms with E-state index in [1.54, 1.807) is 18.2 Å². The fraction of sp³-hybridized carbons (Fsp3) is 0.310. The topological polar surface area (TPSA) is 104 Å². The van der Waals surface area contributed by atoms with Crippen LogP contribution in [0, 0.1) is 0 Å². The zero-order chi connectivity index (χ0) is 27.2. The van der Waals surface area contributed by atoms with Gasteiger partial charge in [-0.3, -0.25) is 0 Å². The first-order valence-corrected chi connectivity index (χ1v) is 13.8. The van der Waals surface area contributed by atoms with Gasteiger partial charge in [0.2, 0.25) is 0 Å². The Kier molecular flexibility index (Phi) is 7.45. The van der Waals surface area contributed by atoms with Crippen molar-refractivity contribution in [3.63, 3.8) is 0 Å². The molecule has 8 heteroatoms. The average molecular weight is 632 g/mol. The number of hydrogen-bond donors (Lipinski definition) is 3. The number of aryl methyl sites for hydroxylation is 2. The number of carbonyl (C=O) groups excluding carboxylic acids is 1. The predicted molar refractivity (Wildman–Crippen MR) is 148 cm³/mol. The van der Waals surface area contributed by atoms with Crippen LogP contribution in [-0.4, -0.2) is 27.3 Å². The lowest BCUT2D eigenvalue weighted by atomic mass is 9.72. The molecule has 0 aliphatic carbocycles. The van der Waals surface area contributed by atoms with E-state index in [2.05, 4.69) is 31.9 Å². The van der Waals surface area contributed by atoms with Crippen molar-refractivity contribution in [2.45, 2.75) is 59.0 Å². The SMILES string of the molecule is CCc1cc(O)c(CC)c(Br)c1C1(c2c(CC)cc(O)c(CC)c2Br)OC(=O)c2cccc(C(=O)O)c21. The standard InChI is InChI=1S/C29H28Br2O6/c1-5-14-12-20(32)16(7-3)25(30)22(14)29(23-15(6-2)13-21(33)17(8-4)26(23)31)24-18(27(34)35)10-9-11-19(24)28(36)37-29/h9-13,32-33H,5-8H2,1-4H3,(H,34,35).